The first kappa shape index (κ1) is 50.5. The summed E-state index contributed by atoms with van der Waals surface area (Å²) in [5, 5.41) is 54.3. The Balaban J connectivity index is 1.13. The summed E-state index contributed by atoms with van der Waals surface area (Å²) in [5.41, 5.74) is 13.6. The number of aromatic hydroxyl groups is 1. The molecule has 0 saturated heterocycles. The number of azo groups is 2. The summed E-state index contributed by atoms with van der Waals surface area (Å²) < 4.78 is 118. The largest absolute Gasteiger partial charge is 0.479 e. The first-order valence-electron chi connectivity index (χ1n) is 19.9. The lowest BCUT2D eigenvalue weighted by molar-refractivity contribution is 0.423. The number of nitrogens with zero attached hydrogens (tertiary/aromatic N) is 17. The number of rotatable bonds is 18. The summed E-state index contributed by atoms with van der Waals surface area (Å²) in [7, 11) is -16.6. The Labute approximate surface area is 401 Å². The molecule has 7 rings (SSSR count). The van der Waals surface area contributed by atoms with Gasteiger partial charge >= 0.3 is 6.01 Å². The van der Waals surface area contributed by atoms with Crippen LogP contribution < -0.4 is 11.5 Å². The van der Waals surface area contributed by atoms with Gasteiger partial charge in [-0.2, -0.15) is 66.8 Å². The van der Waals surface area contributed by atoms with E-state index in [9.17, 15) is 44.0 Å². The van der Waals surface area contributed by atoms with Gasteiger partial charge in [-0.3, -0.25) is 9.11 Å². The van der Waals surface area contributed by atoms with Crippen molar-refractivity contribution < 1.29 is 47.9 Å². The molecule has 0 amide bonds. The van der Waals surface area contributed by atoms with Crippen molar-refractivity contribution in [3.05, 3.63) is 89.3 Å². The lowest BCUT2D eigenvalue weighted by Gasteiger charge is -2.07. The second kappa shape index (κ2) is 19.5. The summed E-state index contributed by atoms with van der Waals surface area (Å²) in [6.45, 7) is 10.7. The summed E-state index contributed by atoms with van der Waals surface area (Å²) in [6.07, 6.45) is 1.74. The van der Waals surface area contributed by atoms with Crippen LogP contribution in [0.25, 0.3) is 28.1 Å². The van der Waals surface area contributed by atoms with Crippen molar-refractivity contribution >= 4 is 80.2 Å². The van der Waals surface area contributed by atoms with Gasteiger partial charge in [-0.25, -0.2) is 31.0 Å². The molecule has 30 nitrogen and oxygen atoms in total. The van der Waals surface area contributed by atoms with Gasteiger partial charge in [-0.05, 0) is 75.2 Å². The first-order chi connectivity index (χ1) is 33.4. The number of nitrogen functional groups attached to an aromatic ring is 2. The smallest absolute Gasteiger partial charge is 0.320 e. The molecule has 0 saturated carbocycles. The quantitative estimate of drug-likeness (QED) is 0.0466. The van der Waals surface area contributed by atoms with Crippen LogP contribution in [-0.4, -0.2) is 125 Å². The zero-order valence-corrected chi connectivity index (χ0v) is 39.8. The molecule has 0 spiro atoms. The van der Waals surface area contributed by atoms with E-state index in [1.54, 1.807) is 0 Å². The molecule has 0 aliphatic heterocycles. The predicted octanol–water partition coefficient (Wildman–Crippen LogP) is 3.46. The van der Waals surface area contributed by atoms with Gasteiger partial charge in [0.1, 0.15) is 11.6 Å². The fourth-order valence-electron chi connectivity index (χ4n) is 6.44. The van der Waals surface area contributed by atoms with Gasteiger partial charge in [0, 0.05) is 0 Å². The molecule has 0 atom stereocenters. The third-order valence-corrected chi connectivity index (χ3v) is 15.1. The van der Waals surface area contributed by atoms with Crippen molar-refractivity contribution in [3.8, 4) is 35.4 Å². The van der Waals surface area contributed by atoms with Crippen LogP contribution >= 0.6 is 0 Å². The molecule has 5 aromatic heterocycles. The average molecular weight is 1050 g/mol. The summed E-state index contributed by atoms with van der Waals surface area (Å²) in [5.74, 6) is -3.81. The van der Waals surface area contributed by atoms with Crippen LogP contribution in [0.5, 0.6) is 6.01 Å². The van der Waals surface area contributed by atoms with Gasteiger partial charge in [-0.15, -0.1) is 20.5 Å². The second-order valence-electron chi connectivity index (χ2n) is 14.8. The number of hydrogen-bond acceptors (Lipinski definition) is 23. The Bertz CT molecular complexity index is 3590. The SMILES string of the molecule is [C-]#[N+]c1cnn(-c2ccc(S(=O)(=O)CCCS(=O)(=O)O)cc2)c1N=Nc1c(C)nn(-c2nc(O)nc(-n3nc(C)c(N=Nc4c(C#N)cnn4-c4ccc(S(=O)(=O)CCCS(=O)(=O)O)cc4)c3N)n2)c1N. The van der Waals surface area contributed by atoms with Gasteiger partial charge in [0.15, 0.2) is 54.3 Å². The van der Waals surface area contributed by atoms with E-state index in [-0.39, 0.29) is 103 Å². The maximum atomic E-state index is 12.8. The maximum absolute atomic E-state index is 12.8. The normalized spacial score (nSPS) is 12.5. The van der Waals surface area contributed by atoms with Crippen molar-refractivity contribution in [2.75, 3.05) is 34.5 Å². The third-order valence-electron chi connectivity index (χ3n) is 9.82. The van der Waals surface area contributed by atoms with Gasteiger partial charge < -0.3 is 16.6 Å². The van der Waals surface area contributed by atoms with E-state index in [4.69, 9.17) is 27.1 Å². The molecule has 7 N–H and O–H groups in total. The van der Waals surface area contributed by atoms with E-state index < -0.39 is 68.9 Å². The predicted molar refractivity (Wildman–Crippen MR) is 247 cm³/mol. The van der Waals surface area contributed by atoms with E-state index in [0.29, 0.717) is 0 Å². The average Bonchev–Trinajstić information content (AvgIpc) is 4.06. The fraction of sp³-hybridized carbons (Fsp3) is 0.216. The minimum absolute atomic E-state index is 0.0238. The first-order valence-corrected chi connectivity index (χ1v) is 26.4. The maximum Gasteiger partial charge on any atom is 0.320 e. The minimum atomic E-state index is -4.35. The number of aryl methyl sites for hydroxylation is 2. The number of sulfone groups is 2. The standard InChI is InChI=1S/C37H35N19O11S4/c1-21-29(47-49-33-23(18-38)19-42-53(33)24-6-10-26(11-7-24)68(58,59)14-4-16-70(62,63)64)31(39)55(51-21)35-44-36(46-37(57)45-35)56-32(40)30(22(2)52-56)48-50-34-28(41-3)20-43-54(34)25-8-12-27(13-9-25)69(60,61)15-5-17-71(65,66)67/h6-13,19-20H,4-5,14-17,39-40H2,1-2H3,(H,62,63,64)(H,65,66,67)(H,44,45,46,57). The van der Waals surface area contributed by atoms with Gasteiger partial charge in [0.05, 0.1) is 74.5 Å². The van der Waals surface area contributed by atoms with Crippen LogP contribution in [0.4, 0.5) is 40.3 Å². The zero-order valence-electron chi connectivity index (χ0n) is 36.5. The Morgan fingerprint density at radius 3 is 1.48 bits per heavy atom. The number of benzene rings is 2. The molecule has 368 valence electrons. The highest BCUT2D eigenvalue weighted by Gasteiger charge is 2.24. The van der Waals surface area contributed by atoms with Crippen molar-refractivity contribution in [2.24, 2.45) is 20.5 Å². The number of nitriles is 1. The van der Waals surface area contributed by atoms with E-state index in [2.05, 4.69) is 60.6 Å². The minimum Gasteiger partial charge on any atom is -0.479 e. The zero-order chi connectivity index (χ0) is 51.6. The van der Waals surface area contributed by atoms with Crippen molar-refractivity contribution in [1.29, 1.82) is 5.26 Å². The Kier molecular flexibility index (Phi) is 13.9. The summed E-state index contributed by atoms with van der Waals surface area (Å²) >= 11 is 0. The van der Waals surface area contributed by atoms with E-state index >= 15 is 0 Å². The Morgan fingerprint density at radius 2 is 1.06 bits per heavy atom. The molecule has 5 heterocycles. The highest BCUT2D eigenvalue weighted by atomic mass is 32.2. The van der Waals surface area contributed by atoms with E-state index in [1.165, 1.54) is 84.1 Å². The molecule has 0 unspecified atom stereocenters. The molecule has 34 heteroatoms. The molecule has 2 aromatic carbocycles. The molecule has 7 aromatic rings. The molecule has 0 fully saturated rings. The summed E-state index contributed by atoms with van der Waals surface area (Å²) in [4.78, 5) is 15.4. The highest BCUT2D eigenvalue weighted by Crippen LogP contribution is 2.36. The number of anilines is 2. The van der Waals surface area contributed by atoms with Gasteiger partial charge in [0.25, 0.3) is 37.8 Å². The van der Waals surface area contributed by atoms with Crippen molar-refractivity contribution in [1.82, 2.24) is 54.1 Å². The summed E-state index contributed by atoms with van der Waals surface area (Å²) in [6, 6.07) is 11.6. The molecule has 0 aliphatic rings. The fourth-order valence-corrected chi connectivity index (χ4v) is 10.4. The number of nitrogens with two attached hydrogens (primary N) is 2. The number of hydrogen-bond donors (Lipinski definition) is 5. The molecular weight excluding hydrogens is 1010 g/mol. The van der Waals surface area contributed by atoms with Crippen LogP contribution in [-0.2, 0) is 39.9 Å². The van der Waals surface area contributed by atoms with Gasteiger partial charge in [-0.1, -0.05) is 0 Å². The van der Waals surface area contributed by atoms with Crippen LogP contribution in [0.1, 0.15) is 29.8 Å². The van der Waals surface area contributed by atoms with Crippen LogP contribution in [0.3, 0.4) is 0 Å². The lowest BCUT2D eigenvalue weighted by atomic mass is 10.3. The van der Waals surface area contributed by atoms with E-state index in [0.717, 1.165) is 9.36 Å². The van der Waals surface area contributed by atoms with Crippen molar-refractivity contribution in [3.63, 3.8) is 0 Å². The number of aromatic nitrogens is 11. The van der Waals surface area contributed by atoms with Gasteiger partial charge in [0.2, 0.25) is 0 Å². The second-order valence-corrected chi connectivity index (χ2v) is 22.1. The lowest BCUT2D eigenvalue weighted by Crippen LogP contribution is -2.13. The Morgan fingerprint density at radius 1 is 0.634 bits per heavy atom. The van der Waals surface area contributed by atoms with Crippen molar-refractivity contribution in [2.45, 2.75) is 36.5 Å². The third kappa shape index (κ3) is 11.2. The van der Waals surface area contributed by atoms with E-state index in [1.807, 2.05) is 6.07 Å². The topological polar surface area (TPSA) is 437 Å². The molecule has 0 radical (unpaired) electrons. The molecule has 0 bridgehead atoms. The van der Waals surface area contributed by atoms with Crippen LogP contribution in [0, 0.1) is 31.8 Å². The monoisotopic (exact) mass is 1050 g/mol. The molecular formula is C37H35N19O11S4. The van der Waals surface area contributed by atoms with Crippen LogP contribution in [0.2, 0.25) is 0 Å². The Hall–Kier alpha value is -8.41. The highest BCUT2D eigenvalue weighted by molar-refractivity contribution is 7.92. The molecule has 71 heavy (non-hydrogen) atoms. The molecule has 0 aliphatic carbocycles. The van der Waals surface area contributed by atoms with Crippen LogP contribution in [0.15, 0.2) is 91.2 Å².